The summed E-state index contributed by atoms with van der Waals surface area (Å²) >= 11 is 0. The van der Waals surface area contributed by atoms with Crippen molar-refractivity contribution in [1.82, 2.24) is 0 Å². The largest absolute Gasteiger partial charge is 0.407 e. The van der Waals surface area contributed by atoms with Crippen molar-refractivity contribution in [2.75, 3.05) is 6.61 Å². The van der Waals surface area contributed by atoms with Crippen LogP contribution >= 0.6 is 0 Å². The molecule has 0 aromatic heterocycles. The second-order valence-electron chi connectivity index (χ2n) is 9.72. The van der Waals surface area contributed by atoms with Crippen molar-refractivity contribution in [2.24, 2.45) is 0 Å². The Bertz CT molecular complexity index is 958. The van der Waals surface area contributed by atoms with Gasteiger partial charge in [0.2, 0.25) is 0 Å². The first-order chi connectivity index (χ1) is 16.3. The van der Waals surface area contributed by atoms with Crippen LogP contribution in [-0.4, -0.2) is 32.2 Å². The van der Waals surface area contributed by atoms with Gasteiger partial charge in [-0.05, 0) is 34.3 Å². The highest BCUT2D eigenvalue weighted by atomic mass is 28.4. The molecule has 0 saturated carbocycles. The van der Waals surface area contributed by atoms with Gasteiger partial charge in [-0.1, -0.05) is 124 Å². The third-order valence-electron chi connectivity index (χ3n) is 6.19. The molecule has 0 unspecified atom stereocenters. The smallest absolute Gasteiger partial charge is 0.261 e. The van der Waals surface area contributed by atoms with Crippen molar-refractivity contribution in [3.05, 3.63) is 109 Å². The van der Waals surface area contributed by atoms with Crippen LogP contribution in [0.25, 0.3) is 0 Å². The lowest BCUT2D eigenvalue weighted by molar-refractivity contribution is -0.0153. The Labute approximate surface area is 206 Å². The summed E-state index contributed by atoms with van der Waals surface area (Å²) in [6.45, 7) is 9.83. The van der Waals surface area contributed by atoms with Crippen molar-refractivity contribution >= 4 is 18.7 Å². The van der Waals surface area contributed by atoms with Crippen LogP contribution < -0.4 is 10.4 Å². The van der Waals surface area contributed by atoms with Gasteiger partial charge in [0, 0.05) is 6.61 Å². The van der Waals surface area contributed by atoms with Gasteiger partial charge in [-0.15, -0.1) is 0 Å². The number of hydrogen-bond donors (Lipinski definition) is 1. The molecule has 3 aromatic rings. The molecular weight excluding hydrogens is 436 g/mol. The summed E-state index contributed by atoms with van der Waals surface area (Å²) in [7, 11) is -2.52. The van der Waals surface area contributed by atoms with Gasteiger partial charge < -0.3 is 14.3 Å². The molecule has 1 N–H and O–H groups in total. The van der Waals surface area contributed by atoms with Crippen molar-refractivity contribution in [3.8, 4) is 0 Å². The molecule has 0 aliphatic rings. The fourth-order valence-corrected chi connectivity index (χ4v) is 8.91. The van der Waals surface area contributed by atoms with Gasteiger partial charge in [0.1, 0.15) is 0 Å². The summed E-state index contributed by atoms with van der Waals surface area (Å²) in [5.41, 5.74) is 1.10. The Hall–Kier alpha value is -2.50. The van der Waals surface area contributed by atoms with Gasteiger partial charge in [-0.3, -0.25) is 0 Å². The van der Waals surface area contributed by atoms with Gasteiger partial charge >= 0.3 is 0 Å². The average Bonchev–Trinajstić information content (AvgIpc) is 2.85. The van der Waals surface area contributed by atoms with Crippen LogP contribution in [0.15, 0.2) is 103 Å². The van der Waals surface area contributed by atoms with Crippen LogP contribution in [0.4, 0.5) is 0 Å². The van der Waals surface area contributed by atoms with Crippen LogP contribution in [0.1, 0.15) is 39.7 Å². The molecule has 3 rings (SSSR count). The number of benzene rings is 3. The molecule has 3 aromatic carbocycles. The SMILES string of the molecule is C[C@H](OCc1ccccc1)[C@@H](O)/C=C/CCO[Si](c1ccccc1)(c1ccccc1)C(C)(C)C. The van der Waals surface area contributed by atoms with E-state index in [0.29, 0.717) is 13.2 Å². The number of ether oxygens (including phenoxy) is 1. The fourth-order valence-electron chi connectivity index (χ4n) is 4.33. The van der Waals surface area contributed by atoms with Crippen LogP contribution in [0.5, 0.6) is 0 Å². The lowest BCUT2D eigenvalue weighted by Gasteiger charge is -2.43. The lowest BCUT2D eigenvalue weighted by atomic mass is 10.2. The lowest BCUT2D eigenvalue weighted by Crippen LogP contribution is -2.66. The normalized spacial score (nSPS) is 14.3. The third kappa shape index (κ3) is 6.54. The van der Waals surface area contributed by atoms with E-state index >= 15 is 0 Å². The second kappa shape index (κ2) is 12.3. The topological polar surface area (TPSA) is 38.7 Å². The van der Waals surface area contributed by atoms with Crippen molar-refractivity contribution in [3.63, 3.8) is 0 Å². The first-order valence-electron chi connectivity index (χ1n) is 12.1. The van der Waals surface area contributed by atoms with Crippen molar-refractivity contribution in [2.45, 2.75) is 58.0 Å². The average molecular weight is 475 g/mol. The monoisotopic (exact) mass is 474 g/mol. The number of aliphatic hydroxyl groups is 1. The van der Waals surface area contributed by atoms with Gasteiger partial charge in [-0.2, -0.15) is 0 Å². The molecule has 0 aliphatic heterocycles. The minimum atomic E-state index is -2.52. The van der Waals surface area contributed by atoms with Crippen molar-refractivity contribution < 1.29 is 14.3 Å². The van der Waals surface area contributed by atoms with Crippen LogP contribution in [0.2, 0.25) is 5.04 Å². The third-order valence-corrected chi connectivity index (χ3v) is 11.2. The van der Waals surface area contributed by atoms with E-state index < -0.39 is 14.4 Å². The van der Waals surface area contributed by atoms with E-state index in [-0.39, 0.29) is 11.1 Å². The quantitative estimate of drug-likeness (QED) is 0.227. The molecular formula is C30H38O3Si. The highest BCUT2D eigenvalue weighted by molar-refractivity contribution is 6.99. The van der Waals surface area contributed by atoms with E-state index in [1.54, 1.807) is 0 Å². The van der Waals surface area contributed by atoms with E-state index in [1.165, 1.54) is 10.4 Å². The summed E-state index contributed by atoms with van der Waals surface area (Å²) in [5.74, 6) is 0. The summed E-state index contributed by atoms with van der Waals surface area (Å²) in [4.78, 5) is 0. The molecule has 0 fully saturated rings. The zero-order valence-electron chi connectivity index (χ0n) is 20.9. The summed E-state index contributed by atoms with van der Waals surface area (Å²) in [6, 6.07) is 31.3. The highest BCUT2D eigenvalue weighted by Gasteiger charge is 2.49. The van der Waals surface area contributed by atoms with E-state index in [1.807, 2.05) is 49.4 Å². The molecule has 0 heterocycles. The first-order valence-corrected chi connectivity index (χ1v) is 14.0. The van der Waals surface area contributed by atoms with E-state index in [9.17, 15) is 5.11 Å². The Morgan fingerprint density at radius 3 is 1.82 bits per heavy atom. The van der Waals surface area contributed by atoms with E-state index in [4.69, 9.17) is 9.16 Å². The minimum absolute atomic E-state index is 0.0429. The highest BCUT2D eigenvalue weighted by Crippen LogP contribution is 2.36. The molecule has 3 nitrogen and oxygen atoms in total. The summed E-state index contributed by atoms with van der Waals surface area (Å²) < 4.78 is 12.7. The maximum absolute atomic E-state index is 10.5. The second-order valence-corrected chi connectivity index (χ2v) is 14.0. The van der Waals surface area contributed by atoms with Gasteiger partial charge in [0.05, 0.1) is 18.8 Å². The molecule has 0 radical (unpaired) electrons. The zero-order valence-corrected chi connectivity index (χ0v) is 21.9. The maximum atomic E-state index is 10.5. The summed E-state index contributed by atoms with van der Waals surface area (Å²) in [5, 5.41) is 13.0. The molecule has 0 aliphatic carbocycles. The van der Waals surface area contributed by atoms with Gasteiger partial charge in [0.15, 0.2) is 0 Å². The number of rotatable bonds is 11. The molecule has 0 bridgehead atoms. The molecule has 0 saturated heterocycles. The summed E-state index contributed by atoms with van der Waals surface area (Å²) in [6.07, 6.45) is 3.62. The minimum Gasteiger partial charge on any atom is -0.407 e. The molecule has 2 atom stereocenters. The molecule has 180 valence electrons. The Morgan fingerprint density at radius 2 is 1.32 bits per heavy atom. The van der Waals surface area contributed by atoms with E-state index in [2.05, 4.69) is 81.4 Å². The fraction of sp³-hybridized carbons (Fsp3) is 0.333. The maximum Gasteiger partial charge on any atom is 0.261 e. The Kier molecular flexibility index (Phi) is 9.42. The molecule has 0 spiro atoms. The number of aliphatic hydroxyl groups excluding tert-OH is 1. The van der Waals surface area contributed by atoms with Gasteiger partial charge in [-0.25, -0.2) is 0 Å². The van der Waals surface area contributed by atoms with E-state index in [0.717, 1.165) is 12.0 Å². The van der Waals surface area contributed by atoms with Crippen LogP contribution in [0.3, 0.4) is 0 Å². The first kappa shape index (κ1) is 26.1. The van der Waals surface area contributed by atoms with Crippen LogP contribution in [0, 0.1) is 0 Å². The predicted octanol–water partition coefficient (Wildman–Crippen LogP) is 5.48. The van der Waals surface area contributed by atoms with Crippen molar-refractivity contribution in [1.29, 1.82) is 0 Å². The van der Waals surface area contributed by atoms with Gasteiger partial charge in [0.25, 0.3) is 8.32 Å². The zero-order chi connectivity index (χ0) is 24.4. The molecule has 34 heavy (non-hydrogen) atoms. The Morgan fingerprint density at radius 1 is 0.824 bits per heavy atom. The predicted molar refractivity (Wildman–Crippen MR) is 144 cm³/mol. The Balaban J connectivity index is 1.65. The standard InChI is InChI=1S/C30H38O3Si/c1-25(32-24-26-16-8-5-9-17-26)29(31)22-14-15-23-33-34(30(2,3)4,27-18-10-6-11-19-27)28-20-12-7-13-21-28/h5-14,16-22,25,29,31H,15,23-24H2,1-4H3/b22-14+/t25-,29-/m0/s1. The number of hydrogen-bond acceptors (Lipinski definition) is 3. The molecule has 0 amide bonds. The van der Waals surface area contributed by atoms with Crippen LogP contribution in [-0.2, 0) is 15.8 Å². The molecule has 4 heteroatoms.